The molecular formula is C17H17ClFN3S2. The summed E-state index contributed by atoms with van der Waals surface area (Å²) in [5, 5.41) is 0.773. The van der Waals surface area contributed by atoms with Crippen LogP contribution in [0.25, 0.3) is 11.0 Å². The number of alkyl halides is 1. The molecule has 0 aliphatic rings. The minimum atomic E-state index is -0.262. The minimum Gasteiger partial charge on any atom is -0.333 e. The molecule has 2 heterocycles. The van der Waals surface area contributed by atoms with Gasteiger partial charge in [0.05, 0.1) is 16.7 Å². The van der Waals surface area contributed by atoms with Crippen LogP contribution < -0.4 is 0 Å². The van der Waals surface area contributed by atoms with E-state index in [9.17, 15) is 4.39 Å². The van der Waals surface area contributed by atoms with Gasteiger partial charge in [-0.2, -0.15) is 0 Å². The average Bonchev–Trinajstić information content (AvgIpc) is 2.95. The fraction of sp³-hybridized carbons (Fsp3) is 0.294. The second-order valence-electron chi connectivity index (χ2n) is 5.32. The van der Waals surface area contributed by atoms with Crippen molar-refractivity contribution in [2.24, 2.45) is 0 Å². The molecule has 0 spiro atoms. The highest BCUT2D eigenvalue weighted by Gasteiger charge is 2.07. The molecule has 126 valence electrons. The highest BCUT2D eigenvalue weighted by Crippen LogP contribution is 2.26. The Kier molecular flexibility index (Phi) is 6.03. The maximum absolute atomic E-state index is 13.2. The molecule has 3 rings (SSSR count). The number of thioether (sulfide) groups is 2. The Labute approximate surface area is 153 Å². The van der Waals surface area contributed by atoms with E-state index in [1.165, 1.54) is 17.0 Å². The van der Waals surface area contributed by atoms with Gasteiger partial charge in [-0.3, -0.25) is 4.98 Å². The van der Waals surface area contributed by atoms with Crippen LogP contribution in [0.2, 0.25) is 0 Å². The van der Waals surface area contributed by atoms with Crippen LogP contribution in [0.3, 0.4) is 0 Å². The van der Waals surface area contributed by atoms with Crippen LogP contribution in [0.5, 0.6) is 0 Å². The molecule has 0 unspecified atom stereocenters. The smallest absolute Gasteiger partial charge is 0.166 e. The number of rotatable bonds is 7. The van der Waals surface area contributed by atoms with Gasteiger partial charge in [0.15, 0.2) is 5.16 Å². The Morgan fingerprint density at radius 1 is 1.17 bits per heavy atom. The zero-order valence-corrected chi connectivity index (χ0v) is 15.6. The van der Waals surface area contributed by atoms with Crippen LogP contribution in [0, 0.1) is 12.7 Å². The highest BCUT2D eigenvalue weighted by atomic mass is 35.5. The summed E-state index contributed by atoms with van der Waals surface area (Å²) in [5.41, 5.74) is 3.51. The van der Waals surface area contributed by atoms with Gasteiger partial charge in [-0.05, 0) is 49.4 Å². The predicted molar refractivity (Wildman–Crippen MR) is 101 cm³/mol. The zero-order valence-electron chi connectivity index (χ0n) is 13.2. The molecular weight excluding hydrogens is 365 g/mol. The Morgan fingerprint density at radius 2 is 2.04 bits per heavy atom. The molecule has 0 atom stereocenters. The third-order valence-electron chi connectivity index (χ3n) is 3.31. The molecule has 0 aliphatic heterocycles. The van der Waals surface area contributed by atoms with Gasteiger partial charge in [0.2, 0.25) is 0 Å². The number of fused-ring (bicyclic) bond motifs is 1. The Hall–Kier alpha value is -1.24. The number of pyridine rings is 1. The molecule has 0 radical (unpaired) electrons. The van der Waals surface area contributed by atoms with E-state index in [1.807, 2.05) is 6.92 Å². The molecule has 0 aliphatic carbocycles. The van der Waals surface area contributed by atoms with Crippen molar-refractivity contribution in [1.29, 1.82) is 0 Å². The van der Waals surface area contributed by atoms with Gasteiger partial charge in [-0.15, -0.1) is 23.4 Å². The Balaban J connectivity index is 1.68. The average molecular weight is 382 g/mol. The monoisotopic (exact) mass is 381 g/mol. The van der Waals surface area contributed by atoms with Gasteiger partial charge in [-0.25, -0.2) is 9.37 Å². The largest absolute Gasteiger partial charge is 0.333 e. The number of hydrogen-bond acceptors (Lipinski definition) is 4. The van der Waals surface area contributed by atoms with Gasteiger partial charge in [0.1, 0.15) is 5.82 Å². The second-order valence-corrected chi connectivity index (χ2v) is 7.83. The minimum absolute atomic E-state index is 0.262. The quantitative estimate of drug-likeness (QED) is 0.337. The normalized spacial score (nSPS) is 11.3. The van der Waals surface area contributed by atoms with Gasteiger partial charge < -0.3 is 4.98 Å². The molecule has 0 saturated carbocycles. The number of aromatic amines is 1. The van der Waals surface area contributed by atoms with E-state index in [0.717, 1.165) is 34.2 Å². The number of benzene rings is 1. The van der Waals surface area contributed by atoms with Crippen LogP contribution in [0.1, 0.15) is 17.8 Å². The van der Waals surface area contributed by atoms with Crippen LogP contribution in [-0.2, 0) is 5.75 Å². The summed E-state index contributed by atoms with van der Waals surface area (Å²) in [4.78, 5) is 13.4. The van der Waals surface area contributed by atoms with Crippen molar-refractivity contribution in [2.75, 3.05) is 11.6 Å². The second kappa shape index (κ2) is 8.23. The number of imidazole rings is 1. The molecule has 1 N–H and O–H groups in total. The van der Waals surface area contributed by atoms with Crippen molar-refractivity contribution >= 4 is 46.2 Å². The third-order valence-corrected chi connectivity index (χ3v) is 5.54. The number of aryl methyl sites for hydroxylation is 1. The van der Waals surface area contributed by atoms with E-state index in [-0.39, 0.29) is 5.82 Å². The number of nitrogens with zero attached hydrogens (tertiary/aromatic N) is 2. The lowest BCUT2D eigenvalue weighted by molar-refractivity contribution is 0.629. The first-order valence-electron chi connectivity index (χ1n) is 7.58. The lowest BCUT2D eigenvalue weighted by atomic mass is 10.3. The maximum Gasteiger partial charge on any atom is 0.166 e. The molecule has 3 aromatic rings. The van der Waals surface area contributed by atoms with Gasteiger partial charge in [-0.1, -0.05) is 11.8 Å². The first-order valence-corrected chi connectivity index (χ1v) is 10.1. The first kappa shape index (κ1) is 17.6. The molecule has 24 heavy (non-hydrogen) atoms. The summed E-state index contributed by atoms with van der Waals surface area (Å²) in [5.74, 6) is 2.15. The number of nitrogens with one attached hydrogen (secondary N) is 1. The van der Waals surface area contributed by atoms with Crippen molar-refractivity contribution < 1.29 is 4.39 Å². The first-order chi connectivity index (χ1) is 11.6. The lowest BCUT2D eigenvalue weighted by Crippen LogP contribution is -1.92. The fourth-order valence-corrected chi connectivity index (χ4v) is 4.34. The van der Waals surface area contributed by atoms with E-state index >= 15 is 0 Å². The van der Waals surface area contributed by atoms with E-state index in [4.69, 9.17) is 11.6 Å². The summed E-state index contributed by atoms with van der Waals surface area (Å²) < 4.78 is 13.2. The number of aromatic nitrogens is 3. The van der Waals surface area contributed by atoms with Crippen LogP contribution in [-0.4, -0.2) is 26.6 Å². The Bertz CT molecular complexity index is 838. The number of halogens is 2. The van der Waals surface area contributed by atoms with E-state index < -0.39 is 0 Å². The van der Waals surface area contributed by atoms with E-state index in [2.05, 4.69) is 27.1 Å². The Morgan fingerprint density at radius 3 is 2.88 bits per heavy atom. The van der Waals surface area contributed by atoms with Gasteiger partial charge >= 0.3 is 0 Å². The third kappa shape index (κ3) is 4.65. The van der Waals surface area contributed by atoms with Crippen molar-refractivity contribution in [1.82, 2.24) is 15.0 Å². The summed E-state index contributed by atoms with van der Waals surface area (Å²) in [6.45, 7) is 2.00. The fourth-order valence-electron chi connectivity index (χ4n) is 2.27. The topological polar surface area (TPSA) is 41.6 Å². The maximum atomic E-state index is 13.2. The van der Waals surface area contributed by atoms with E-state index in [1.54, 1.807) is 29.6 Å². The summed E-state index contributed by atoms with van der Waals surface area (Å²) in [7, 11) is 0. The molecule has 3 nitrogen and oxygen atoms in total. The van der Waals surface area contributed by atoms with Crippen molar-refractivity contribution in [3.05, 3.63) is 47.5 Å². The van der Waals surface area contributed by atoms with Gasteiger partial charge in [0, 0.05) is 22.2 Å². The molecule has 0 bridgehead atoms. The summed E-state index contributed by atoms with van der Waals surface area (Å²) in [6, 6.07) is 8.77. The predicted octanol–water partition coefficient (Wildman–Crippen LogP) is 5.42. The van der Waals surface area contributed by atoms with Crippen LogP contribution in [0.15, 0.2) is 40.4 Å². The lowest BCUT2D eigenvalue weighted by Gasteiger charge is -2.06. The van der Waals surface area contributed by atoms with E-state index in [0.29, 0.717) is 17.1 Å². The summed E-state index contributed by atoms with van der Waals surface area (Å²) >= 11 is 9.10. The number of H-pyrrole nitrogens is 1. The van der Waals surface area contributed by atoms with Crippen molar-refractivity contribution in [2.45, 2.75) is 29.1 Å². The SMILES string of the molecule is Cc1cc(SCCCCl)cc(CSc2nc3ccc(F)cc3[nH]2)n1. The molecule has 0 fully saturated rings. The molecule has 0 amide bonds. The van der Waals surface area contributed by atoms with Crippen molar-refractivity contribution in [3.8, 4) is 0 Å². The highest BCUT2D eigenvalue weighted by molar-refractivity contribution is 7.99. The molecule has 0 saturated heterocycles. The van der Waals surface area contributed by atoms with Crippen molar-refractivity contribution in [3.63, 3.8) is 0 Å². The molecule has 1 aromatic carbocycles. The van der Waals surface area contributed by atoms with Crippen LogP contribution in [0.4, 0.5) is 4.39 Å². The number of hydrogen-bond donors (Lipinski definition) is 1. The molecule has 7 heteroatoms. The summed E-state index contributed by atoms with van der Waals surface area (Å²) in [6.07, 6.45) is 0.993. The standard InChI is InChI=1S/C17H17ClFN3S2/c1-11-7-14(23-6-2-5-18)9-13(20-11)10-24-17-21-15-4-3-12(19)8-16(15)22-17/h3-4,7-9H,2,5-6,10H2,1H3,(H,21,22). The van der Waals surface area contributed by atoms with Crippen LogP contribution >= 0.6 is 35.1 Å². The zero-order chi connectivity index (χ0) is 16.9. The molecule has 2 aromatic heterocycles. The van der Waals surface area contributed by atoms with Gasteiger partial charge in [0.25, 0.3) is 0 Å².